The number of benzene rings is 5. The Morgan fingerprint density at radius 2 is 0.896 bits per heavy atom. The van der Waals surface area contributed by atoms with Crippen molar-refractivity contribution in [3.8, 4) is 11.5 Å². The first kappa shape index (κ1) is 34.5. The molecule has 5 rings (SSSR count). The average Bonchev–Trinajstić information content (AvgIpc) is 3.08. The van der Waals surface area contributed by atoms with Gasteiger partial charge < -0.3 is 9.47 Å². The van der Waals surface area contributed by atoms with Crippen LogP contribution >= 0.6 is 0 Å². The van der Waals surface area contributed by atoms with E-state index in [0.717, 1.165) is 57.7 Å². The van der Waals surface area contributed by atoms with E-state index in [1.807, 2.05) is 24.3 Å². The Morgan fingerprint density at radius 1 is 0.521 bits per heavy atom. The highest BCUT2D eigenvalue weighted by Gasteiger charge is 2.21. The van der Waals surface area contributed by atoms with Gasteiger partial charge in [-0.15, -0.1) is 0 Å². The van der Waals surface area contributed by atoms with E-state index in [1.165, 1.54) is 33.4 Å². The average molecular weight is 635 g/mol. The molecule has 0 fully saturated rings. The highest BCUT2D eigenvalue weighted by Crippen LogP contribution is 2.39. The number of aryl methyl sites for hydroxylation is 2. The summed E-state index contributed by atoms with van der Waals surface area (Å²) in [5, 5.41) is 0. The molecule has 0 aliphatic carbocycles. The molecule has 0 spiro atoms. The second kappa shape index (κ2) is 15.8. The first-order chi connectivity index (χ1) is 23.2. The van der Waals surface area contributed by atoms with E-state index in [-0.39, 0.29) is 11.8 Å². The van der Waals surface area contributed by atoms with Crippen LogP contribution in [0.25, 0.3) is 12.2 Å². The lowest BCUT2D eigenvalue weighted by atomic mass is 9.86. The summed E-state index contributed by atoms with van der Waals surface area (Å²) in [4.78, 5) is 0. The highest BCUT2D eigenvalue weighted by molar-refractivity contribution is 5.64. The Bertz CT molecular complexity index is 1730. The van der Waals surface area contributed by atoms with Gasteiger partial charge >= 0.3 is 0 Å². The summed E-state index contributed by atoms with van der Waals surface area (Å²) in [6.45, 7) is 22.5. The molecule has 0 aliphatic rings. The molecule has 0 saturated carbocycles. The van der Waals surface area contributed by atoms with E-state index in [0.29, 0.717) is 13.2 Å². The number of hydrogen-bond donors (Lipinski definition) is 0. The van der Waals surface area contributed by atoms with Crippen molar-refractivity contribution in [3.63, 3.8) is 0 Å². The van der Waals surface area contributed by atoms with E-state index in [4.69, 9.17) is 9.47 Å². The lowest BCUT2D eigenvalue weighted by molar-refractivity contribution is 0.299. The number of ether oxygens (including phenoxy) is 2. The van der Waals surface area contributed by atoms with Crippen molar-refractivity contribution >= 4 is 12.2 Å². The molecule has 0 aliphatic heterocycles. The van der Waals surface area contributed by atoms with E-state index in [1.54, 1.807) is 0 Å². The molecule has 5 aromatic rings. The summed E-state index contributed by atoms with van der Waals surface area (Å²) in [5.41, 5.74) is 14.6. The fourth-order valence-corrected chi connectivity index (χ4v) is 7.04. The predicted octanol–water partition coefficient (Wildman–Crippen LogP) is 12.1. The van der Waals surface area contributed by atoms with Gasteiger partial charge in [0.05, 0.1) is 0 Å². The van der Waals surface area contributed by atoms with Crippen LogP contribution in [0.3, 0.4) is 0 Å². The summed E-state index contributed by atoms with van der Waals surface area (Å²) in [6, 6.07) is 34.5. The molecule has 0 aromatic heterocycles. The highest BCUT2D eigenvalue weighted by atomic mass is 16.5. The maximum absolute atomic E-state index is 6.56. The van der Waals surface area contributed by atoms with Gasteiger partial charge in [0.1, 0.15) is 24.7 Å². The van der Waals surface area contributed by atoms with Crippen LogP contribution in [0.15, 0.2) is 110 Å². The minimum absolute atomic E-state index is 0.273. The Hall–Kier alpha value is -4.82. The first-order valence-corrected chi connectivity index (χ1v) is 17.1. The lowest BCUT2D eigenvalue weighted by Gasteiger charge is -2.23. The van der Waals surface area contributed by atoms with Crippen LogP contribution < -0.4 is 9.47 Å². The third kappa shape index (κ3) is 8.00. The molecule has 0 amide bonds. The summed E-state index contributed by atoms with van der Waals surface area (Å²) in [5.74, 6) is 2.51. The van der Waals surface area contributed by atoms with Gasteiger partial charge in [-0.25, -0.2) is 0 Å². The molecule has 48 heavy (non-hydrogen) atoms. The van der Waals surface area contributed by atoms with Crippen molar-refractivity contribution < 1.29 is 9.47 Å². The van der Waals surface area contributed by atoms with Crippen LogP contribution in [0.2, 0.25) is 0 Å². The first-order valence-electron chi connectivity index (χ1n) is 17.1. The van der Waals surface area contributed by atoms with Gasteiger partial charge in [0.2, 0.25) is 0 Å². The summed E-state index contributed by atoms with van der Waals surface area (Å²) in [6.07, 6.45) is 5.75. The zero-order valence-corrected chi connectivity index (χ0v) is 29.6. The second-order valence-electron chi connectivity index (χ2n) is 13.3. The lowest BCUT2D eigenvalue weighted by Crippen LogP contribution is -2.08. The van der Waals surface area contributed by atoms with Crippen molar-refractivity contribution in [1.82, 2.24) is 0 Å². The Balaban J connectivity index is 1.38. The largest absolute Gasteiger partial charge is 0.488 e. The maximum atomic E-state index is 6.56. The molecule has 0 bridgehead atoms. The quantitative estimate of drug-likeness (QED) is 0.121. The van der Waals surface area contributed by atoms with Crippen LogP contribution in [0, 0.1) is 27.7 Å². The second-order valence-corrected chi connectivity index (χ2v) is 13.3. The Kier molecular flexibility index (Phi) is 11.4. The van der Waals surface area contributed by atoms with E-state index >= 15 is 0 Å². The molecule has 2 heteroatoms. The van der Waals surface area contributed by atoms with Crippen LogP contribution in [0.5, 0.6) is 11.5 Å². The smallest absolute Gasteiger partial charge is 0.126 e. The van der Waals surface area contributed by atoms with Crippen molar-refractivity contribution in [1.29, 1.82) is 0 Å². The monoisotopic (exact) mass is 634 g/mol. The molecule has 0 saturated heterocycles. The van der Waals surface area contributed by atoms with Gasteiger partial charge in [-0.2, -0.15) is 0 Å². The number of hydrogen-bond acceptors (Lipinski definition) is 2. The van der Waals surface area contributed by atoms with E-state index in [9.17, 15) is 0 Å². The van der Waals surface area contributed by atoms with Crippen LogP contribution in [0.4, 0.5) is 0 Å². The van der Waals surface area contributed by atoms with Gasteiger partial charge in [0.15, 0.2) is 0 Å². The van der Waals surface area contributed by atoms with Crippen molar-refractivity contribution in [2.45, 2.75) is 79.4 Å². The predicted molar refractivity (Wildman–Crippen MR) is 204 cm³/mol. The molecule has 5 aromatic carbocycles. The van der Waals surface area contributed by atoms with Crippen LogP contribution in [-0.4, -0.2) is 0 Å². The van der Waals surface area contributed by atoms with Crippen molar-refractivity contribution in [2.24, 2.45) is 0 Å². The van der Waals surface area contributed by atoms with E-state index < -0.39 is 0 Å². The molecule has 0 radical (unpaired) electrons. The maximum Gasteiger partial charge on any atom is 0.126 e. The minimum atomic E-state index is 0.273. The topological polar surface area (TPSA) is 18.5 Å². The Morgan fingerprint density at radius 3 is 1.27 bits per heavy atom. The molecule has 0 heterocycles. The standard InChI is InChI=1S/C46H50O2/c1-9-41-33(5)26-43(45(35(41)7)47-29-37-18-13-11-14-19-37)31(3)24-39-22-17-23-40(28-39)25-32(4)44-27-34(6)42(10-2)36(8)46(44)48-30-38-20-15-12-16-21-38/h9-23,26-28,31-32H,1-2,24-25,29-30H2,3-8H3. The third-order valence-corrected chi connectivity index (χ3v) is 9.60. The summed E-state index contributed by atoms with van der Waals surface area (Å²) < 4.78 is 13.1. The molecular weight excluding hydrogens is 585 g/mol. The molecule has 246 valence electrons. The zero-order chi connectivity index (χ0) is 34.2. The van der Waals surface area contributed by atoms with Crippen molar-refractivity contribution in [2.75, 3.05) is 0 Å². The normalized spacial score (nSPS) is 12.3. The van der Waals surface area contributed by atoms with Gasteiger partial charge in [-0.05, 0) is 119 Å². The summed E-state index contributed by atoms with van der Waals surface area (Å²) in [7, 11) is 0. The fraction of sp³-hybridized carbons (Fsp3) is 0.261. The van der Waals surface area contributed by atoms with Crippen LogP contribution in [-0.2, 0) is 26.1 Å². The Labute approximate surface area is 288 Å². The fourth-order valence-electron chi connectivity index (χ4n) is 7.04. The van der Waals surface area contributed by atoms with Crippen molar-refractivity contribution in [3.05, 3.63) is 177 Å². The summed E-state index contributed by atoms with van der Waals surface area (Å²) >= 11 is 0. The minimum Gasteiger partial charge on any atom is -0.488 e. The van der Waals surface area contributed by atoms with Crippen LogP contribution in [0.1, 0.15) is 92.4 Å². The van der Waals surface area contributed by atoms with Gasteiger partial charge in [0, 0.05) is 0 Å². The molecular formula is C46H50O2. The van der Waals surface area contributed by atoms with Gasteiger partial charge in [-0.3, -0.25) is 0 Å². The molecule has 2 unspecified atom stereocenters. The zero-order valence-electron chi connectivity index (χ0n) is 29.6. The molecule has 2 nitrogen and oxygen atoms in total. The third-order valence-electron chi connectivity index (χ3n) is 9.60. The number of rotatable bonds is 14. The van der Waals surface area contributed by atoms with Gasteiger partial charge in [-0.1, -0.05) is 136 Å². The molecule has 2 atom stereocenters. The molecule has 0 N–H and O–H groups in total. The van der Waals surface area contributed by atoms with Gasteiger partial charge in [0.25, 0.3) is 0 Å². The van der Waals surface area contributed by atoms with E-state index in [2.05, 4.69) is 140 Å². The SMILES string of the molecule is C=Cc1c(C)cc(C(C)Cc2cccc(CC(C)c3cc(C)c(C=C)c(C)c3OCc3ccccc3)c2)c(OCc2ccccc2)c1C.